The molecule has 0 radical (unpaired) electrons. The third-order valence-electron chi connectivity index (χ3n) is 3.93. The van der Waals surface area contributed by atoms with Crippen LogP contribution in [0.15, 0.2) is 12.3 Å². The second-order valence-electron chi connectivity index (χ2n) is 6.20. The summed E-state index contributed by atoms with van der Waals surface area (Å²) in [4.78, 5) is 10.2. The number of allylic oxidation sites excluding steroid dienone is 1. The lowest BCUT2D eigenvalue weighted by molar-refractivity contribution is -0.107. The molecule has 23 heavy (non-hydrogen) atoms. The van der Waals surface area contributed by atoms with Crippen LogP contribution in [0.5, 0.6) is 0 Å². The van der Waals surface area contributed by atoms with E-state index in [1.807, 2.05) is 0 Å². The molecule has 0 aliphatic rings. The standard InChI is InChI=1S/C20H38O3/c1-2-3-4-15-18-22-20-23-19-16-13-11-9-7-5-6-8-10-12-14-17-21/h16-17,19H,2-15,18,20H2,1H3. The summed E-state index contributed by atoms with van der Waals surface area (Å²) < 4.78 is 10.7. The van der Waals surface area contributed by atoms with Crippen molar-refractivity contribution in [2.75, 3.05) is 13.4 Å². The first-order valence-electron chi connectivity index (χ1n) is 9.69. The highest BCUT2D eigenvalue weighted by Crippen LogP contribution is 2.10. The van der Waals surface area contributed by atoms with Crippen molar-refractivity contribution in [1.29, 1.82) is 0 Å². The predicted molar refractivity (Wildman–Crippen MR) is 97.4 cm³/mol. The lowest BCUT2D eigenvalue weighted by Gasteiger charge is -2.03. The van der Waals surface area contributed by atoms with E-state index in [9.17, 15) is 4.79 Å². The Hall–Kier alpha value is -0.830. The van der Waals surface area contributed by atoms with Crippen LogP contribution < -0.4 is 0 Å². The fraction of sp³-hybridized carbons (Fsp3) is 0.850. The molecule has 0 atom stereocenters. The van der Waals surface area contributed by atoms with Crippen LogP contribution in [0.1, 0.15) is 96.8 Å². The third-order valence-corrected chi connectivity index (χ3v) is 3.93. The maximum Gasteiger partial charge on any atom is 0.188 e. The Bertz CT molecular complexity index is 251. The molecule has 0 heterocycles. The third kappa shape index (κ3) is 21.2. The van der Waals surface area contributed by atoms with Crippen molar-refractivity contribution >= 4 is 6.29 Å². The van der Waals surface area contributed by atoms with E-state index >= 15 is 0 Å². The molecule has 0 spiro atoms. The molecule has 0 bridgehead atoms. The smallest absolute Gasteiger partial charge is 0.188 e. The van der Waals surface area contributed by atoms with Crippen molar-refractivity contribution in [3.05, 3.63) is 12.3 Å². The van der Waals surface area contributed by atoms with Crippen molar-refractivity contribution in [2.24, 2.45) is 0 Å². The van der Waals surface area contributed by atoms with Crippen molar-refractivity contribution in [2.45, 2.75) is 96.8 Å². The van der Waals surface area contributed by atoms with Crippen LogP contribution in [0, 0.1) is 0 Å². The highest BCUT2D eigenvalue weighted by Gasteiger charge is 1.92. The fourth-order valence-electron chi connectivity index (χ4n) is 2.46. The van der Waals surface area contributed by atoms with Crippen molar-refractivity contribution < 1.29 is 14.3 Å². The lowest BCUT2D eigenvalue weighted by Crippen LogP contribution is -1.97. The van der Waals surface area contributed by atoms with Crippen LogP contribution >= 0.6 is 0 Å². The minimum atomic E-state index is 0.382. The van der Waals surface area contributed by atoms with Crippen molar-refractivity contribution in [3.8, 4) is 0 Å². The summed E-state index contributed by atoms with van der Waals surface area (Å²) in [6.45, 7) is 3.41. The van der Waals surface area contributed by atoms with E-state index in [1.54, 1.807) is 6.26 Å². The molecule has 0 aromatic heterocycles. The number of rotatable bonds is 19. The van der Waals surface area contributed by atoms with Crippen LogP contribution in [-0.4, -0.2) is 19.7 Å². The molecule has 0 fully saturated rings. The van der Waals surface area contributed by atoms with Gasteiger partial charge in [0.15, 0.2) is 6.79 Å². The van der Waals surface area contributed by atoms with Gasteiger partial charge in [0, 0.05) is 6.42 Å². The van der Waals surface area contributed by atoms with Gasteiger partial charge in [-0.1, -0.05) is 64.7 Å². The Morgan fingerprint density at radius 2 is 1.35 bits per heavy atom. The molecule has 3 nitrogen and oxygen atoms in total. The molecule has 0 aromatic carbocycles. The SMILES string of the molecule is CCCCCCOCOC=CCCCCCCCCCCC=O. The second-order valence-corrected chi connectivity index (χ2v) is 6.20. The zero-order valence-electron chi connectivity index (χ0n) is 15.3. The Morgan fingerprint density at radius 1 is 0.739 bits per heavy atom. The largest absolute Gasteiger partial charge is 0.475 e. The van der Waals surface area contributed by atoms with Gasteiger partial charge in [0.1, 0.15) is 6.29 Å². The first kappa shape index (κ1) is 22.2. The van der Waals surface area contributed by atoms with Gasteiger partial charge in [0.2, 0.25) is 0 Å². The van der Waals surface area contributed by atoms with Gasteiger partial charge in [0.05, 0.1) is 12.9 Å². The van der Waals surface area contributed by atoms with Gasteiger partial charge in [0.25, 0.3) is 0 Å². The quantitative estimate of drug-likeness (QED) is 0.123. The van der Waals surface area contributed by atoms with E-state index in [0.29, 0.717) is 6.79 Å². The lowest BCUT2D eigenvalue weighted by atomic mass is 10.1. The monoisotopic (exact) mass is 326 g/mol. The van der Waals surface area contributed by atoms with Crippen LogP contribution in [-0.2, 0) is 14.3 Å². The molecule has 136 valence electrons. The summed E-state index contributed by atoms with van der Waals surface area (Å²) in [5.41, 5.74) is 0. The molecule has 0 aliphatic heterocycles. The maximum absolute atomic E-state index is 10.2. The van der Waals surface area contributed by atoms with Gasteiger partial charge < -0.3 is 14.3 Å². The Kier molecular flexibility index (Phi) is 20.4. The maximum atomic E-state index is 10.2. The van der Waals surface area contributed by atoms with Gasteiger partial charge >= 0.3 is 0 Å². The molecular weight excluding hydrogens is 288 g/mol. The zero-order chi connectivity index (χ0) is 16.8. The summed E-state index contributed by atoms with van der Waals surface area (Å²) in [6.07, 6.45) is 21.7. The second kappa shape index (κ2) is 21.2. The fourth-order valence-corrected chi connectivity index (χ4v) is 2.46. The molecule has 0 aliphatic carbocycles. The van der Waals surface area contributed by atoms with Crippen molar-refractivity contribution in [3.63, 3.8) is 0 Å². The molecule has 0 saturated heterocycles. The van der Waals surface area contributed by atoms with Crippen LogP contribution in [0.25, 0.3) is 0 Å². The highest BCUT2D eigenvalue weighted by atomic mass is 16.7. The van der Waals surface area contributed by atoms with Gasteiger partial charge in [-0.2, -0.15) is 0 Å². The van der Waals surface area contributed by atoms with Crippen LogP contribution in [0.3, 0.4) is 0 Å². The van der Waals surface area contributed by atoms with Gasteiger partial charge in [-0.15, -0.1) is 0 Å². The van der Waals surface area contributed by atoms with E-state index in [1.165, 1.54) is 64.2 Å². The average Bonchev–Trinajstić information content (AvgIpc) is 2.57. The number of hydrogen-bond donors (Lipinski definition) is 0. The zero-order valence-corrected chi connectivity index (χ0v) is 15.3. The Morgan fingerprint density at radius 3 is 2.00 bits per heavy atom. The van der Waals surface area contributed by atoms with E-state index in [2.05, 4.69) is 13.0 Å². The molecule has 0 saturated carbocycles. The molecular formula is C20H38O3. The van der Waals surface area contributed by atoms with Crippen LogP contribution in [0.2, 0.25) is 0 Å². The molecule has 0 unspecified atom stereocenters. The minimum absolute atomic E-state index is 0.382. The molecule has 0 aromatic rings. The summed E-state index contributed by atoms with van der Waals surface area (Å²) >= 11 is 0. The summed E-state index contributed by atoms with van der Waals surface area (Å²) in [5.74, 6) is 0. The van der Waals surface area contributed by atoms with E-state index < -0.39 is 0 Å². The van der Waals surface area contributed by atoms with Gasteiger partial charge in [-0.05, 0) is 31.8 Å². The predicted octanol–water partition coefficient (Wildman–Crippen LogP) is 6.17. The summed E-state index contributed by atoms with van der Waals surface area (Å²) in [5, 5.41) is 0. The molecule has 0 N–H and O–H groups in total. The Labute approximate surface area is 143 Å². The molecule has 0 amide bonds. The topological polar surface area (TPSA) is 35.5 Å². The molecule has 0 rings (SSSR count). The number of hydrogen-bond acceptors (Lipinski definition) is 3. The first-order chi connectivity index (χ1) is 11.4. The van der Waals surface area contributed by atoms with E-state index in [0.717, 1.165) is 38.6 Å². The first-order valence-corrected chi connectivity index (χ1v) is 9.69. The van der Waals surface area contributed by atoms with E-state index in [-0.39, 0.29) is 0 Å². The number of ether oxygens (including phenoxy) is 2. The summed E-state index contributed by atoms with van der Waals surface area (Å²) in [7, 11) is 0. The van der Waals surface area contributed by atoms with Crippen LogP contribution in [0.4, 0.5) is 0 Å². The average molecular weight is 327 g/mol. The highest BCUT2D eigenvalue weighted by molar-refractivity contribution is 5.48. The van der Waals surface area contributed by atoms with Crippen molar-refractivity contribution in [1.82, 2.24) is 0 Å². The van der Waals surface area contributed by atoms with Gasteiger partial charge in [-0.25, -0.2) is 0 Å². The Balaban J connectivity index is 3.04. The minimum Gasteiger partial charge on any atom is -0.475 e. The number of carbonyl (C=O) groups excluding carboxylic acids is 1. The normalized spacial score (nSPS) is 11.2. The summed E-state index contributed by atoms with van der Waals surface area (Å²) in [6, 6.07) is 0. The van der Waals surface area contributed by atoms with Gasteiger partial charge in [-0.3, -0.25) is 0 Å². The molecule has 3 heteroatoms. The number of unbranched alkanes of at least 4 members (excludes halogenated alkanes) is 12. The number of carbonyl (C=O) groups is 1. The van der Waals surface area contributed by atoms with E-state index in [4.69, 9.17) is 9.47 Å². The number of aldehydes is 1.